The summed E-state index contributed by atoms with van der Waals surface area (Å²) in [5.74, 6) is -1.35. The molecular formula is C9H16F3N3O2. The highest BCUT2D eigenvalue weighted by atomic mass is 19.4. The fourth-order valence-corrected chi connectivity index (χ4v) is 1.01. The SMILES string of the molecule is CCC(N)C(=O)N(C)CC(=O)NCC(F)(F)F. The summed E-state index contributed by atoms with van der Waals surface area (Å²) in [5.41, 5.74) is 5.43. The molecule has 0 saturated heterocycles. The zero-order valence-electron chi connectivity index (χ0n) is 9.67. The summed E-state index contributed by atoms with van der Waals surface area (Å²) in [6.45, 7) is -0.156. The van der Waals surface area contributed by atoms with Gasteiger partial charge in [-0.05, 0) is 6.42 Å². The predicted octanol–water partition coefficient (Wildman–Crippen LogP) is -0.139. The Morgan fingerprint density at radius 1 is 1.41 bits per heavy atom. The lowest BCUT2D eigenvalue weighted by atomic mass is 10.2. The summed E-state index contributed by atoms with van der Waals surface area (Å²) in [6, 6.07) is -0.740. The molecule has 2 amide bonds. The Morgan fingerprint density at radius 2 is 1.94 bits per heavy atom. The van der Waals surface area contributed by atoms with Crippen molar-refractivity contribution in [2.24, 2.45) is 5.73 Å². The van der Waals surface area contributed by atoms with Crippen molar-refractivity contribution in [2.75, 3.05) is 20.1 Å². The van der Waals surface area contributed by atoms with E-state index < -0.39 is 37.1 Å². The van der Waals surface area contributed by atoms with Crippen LogP contribution in [0.25, 0.3) is 0 Å². The van der Waals surface area contributed by atoms with E-state index in [0.717, 1.165) is 4.90 Å². The highest BCUT2D eigenvalue weighted by Crippen LogP contribution is 2.11. The zero-order valence-corrected chi connectivity index (χ0v) is 9.67. The van der Waals surface area contributed by atoms with Gasteiger partial charge < -0.3 is 16.0 Å². The minimum absolute atomic E-state index is 0.396. The fraction of sp³-hybridized carbons (Fsp3) is 0.778. The van der Waals surface area contributed by atoms with Gasteiger partial charge in [0.25, 0.3) is 0 Å². The van der Waals surface area contributed by atoms with Crippen LogP contribution in [-0.4, -0.2) is 49.1 Å². The molecule has 0 aromatic carbocycles. The van der Waals surface area contributed by atoms with E-state index in [1.807, 2.05) is 0 Å². The number of nitrogens with two attached hydrogens (primary N) is 1. The molecule has 17 heavy (non-hydrogen) atoms. The second-order valence-electron chi connectivity index (χ2n) is 3.60. The molecule has 0 aliphatic carbocycles. The third-order valence-corrected chi connectivity index (χ3v) is 2.00. The third kappa shape index (κ3) is 6.77. The van der Waals surface area contributed by atoms with Gasteiger partial charge in [0, 0.05) is 7.05 Å². The van der Waals surface area contributed by atoms with Crippen LogP contribution in [-0.2, 0) is 9.59 Å². The van der Waals surface area contributed by atoms with Gasteiger partial charge in [-0.15, -0.1) is 0 Å². The summed E-state index contributed by atoms with van der Waals surface area (Å²) in [6.07, 6.45) is -4.06. The van der Waals surface area contributed by atoms with Crippen molar-refractivity contribution in [1.82, 2.24) is 10.2 Å². The number of hydrogen-bond donors (Lipinski definition) is 2. The van der Waals surface area contributed by atoms with E-state index in [0.29, 0.717) is 6.42 Å². The molecule has 0 aliphatic rings. The van der Waals surface area contributed by atoms with Gasteiger partial charge in [0.1, 0.15) is 6.54 Å². The zero-order chi connectivity index (χ0) is 13.6. The first kappa shape index (κ1) is 15.7. The molecule has 0 spiro atoms. The molecule has 0 aromatic heterocycles. The highest BCUT2D eigenvalue weighted by molar-refractivity contribution is 5.87. The highest BCUT2D eigenvalue weighted by Gasteiger charge is 2.28. The number of nitrogens with zero attached hydrogens (tertiary/aromatic N) is 1. The van der Waals surface area contributed by atoms with Crippen molar-refractivity contribution in [2.45, 2.75) is 25.6 Å². The van der Waals surface area contributed by atoms with Crippen LogP contribution >= 0.6 is 0 Å². The van der Waals surface area contributed by atoms with E-state index in [9.17, 15) is 22.8 Å². The molecule has 0 bridgehead atoms. The summed E-state index contributed by atoms with van der Waals surface area (Å²) in [5, 5.41) is 1.67. The number of carbonyl (C=O) groups excluding carboxylic acids is 2. The Bertz CT molecular complexity index is 281. The van der Waals surface area contributed by atoms with Crippen molar-refractivity contribution in [3.8, 4) is 0 Å². The monoisotopic (exact) mass is 255 g/mol. The number of rotatable bonds is 5. The van der Waals surface area contributed by atoms with Crippen LogP contribution < -0.4 is 11.1 Å². The van der Waals surface area contributed by atoms with Gasteiger partial charge in [-0.2, -0.15) is 13.2 Å². The molecule has 0 saturated carbocycles. The molecule has 8 heteroatoms. The fourth-order valence-electron chi connectivity index (χ4n) is 1.01. The first-order valence-corrected chi connectivity index (χ1v) is 5.01. The van der Waals surface area contributed by atoms with Gasteiger partial charge in [0.15, 0.2) is 0 Å². The molecule has 0 radical (unpaired) electrons. The van der Waals surface area contributed by atoms with Crippen LogP contribution in [0.1, 0.15) is 13.3 Å². The summed E-state index contributed by atoms with van der Waals surface area (Å²) < 4.78 is 35.3. The van der Waals surface area contributed by atoms with Crippen LogP contribution in [0.3, 0.4) is 0 Å². The van der Waals surface area contributed by atoms with Gasteiger partial charge in [-0.1, -0.05) is 6.92 Å². The predicted molar refractivity (Wildman–Crippen MR) is 55.0 cm³/mol. The average molecular weight is 255 g/mol. The maximum Gasteiger partial charge on any atom is 0.405 e. The summed E-state index contributed by atoms with van der Waals surface area (Å²) in [7, 11) is 1.31. The minimum atomic E-state index is -4.46. The molecule has 1 unspecified atom stereocenters. The second kappa shape index (κ2) is 6.43. The lowest BCUT2D eigenvalue weighted by Crippen LogP contribution is -2.46. The maximum absolute atomic E-state index is 11.8. The standard InChI is InChI=1S/C9H16F3N3O2/c1-3-6(13)8(17)15(2)4-7(16)14-5-9(10,11)12/h6H,3-5,13H2,1-2H3,(H,14,16). The summed E-state index contributed by atoms with van der Waals surface area (Å²) >= 11 is 0. The molecule has 100 valence electrons. The molecule has 5 nitrogen and oxygen atoms in total. The smallest absolute Gasteiger partial charge is 0.345 e. The molecule has 0 heterocycles. The quantitative estimate of drug-likeness (QED) is 0.718. The van der Waals surface area contributed by atoms with Crippen LogP contribution in [0.4, 0.5) is 13.2 Å². The van der Waals surface area contributed by atoms with E-state index >= 15 is 0 Å². The number of nitrogens with one attached hydrogen (secondary N) is 1. The first-order chi connectivity index (χ1) is 7.67. The van der Waals surface area contributed by atoms with Gasteiger partial charge in [0.2, 0.25) is 11.8 Å². The molecule has 0 fully saturated rings. The largest absolute Gasteiger partial charge is 0.405 e. The van der Waals surface area contributed by atoms with Gasteiger partial charge in [0.05, 0.1) is 12.6 Å². The molecule has 3 N–H and O–H groups in total. The van der Waals surface area contributed by atoms with E-state index in [-0.39, 0.29) is 0 Å². The number of likely N-dealkylation sites (N-methyl/N-ethyl adjacent to an activating group) is 1. The molecule has 0 rings (SSSR count). The summed E-state index contributed by atoms with van der Waals surface area (Å²) in [4.78, 5) is 23.5. The van der Waals surface area contributed by atoms with Gasteiger partial charge in [-0.3, -0.25) is 9.59 Å². The van der Waals surface area contributed by atoms with E-state index in [1.54, 1.807) is 12.2 Å². The van der Waals surface area contributed by atoms with Crippen LogP contribution in [0.2, 0.25) is 0 Å². The molecule has 0 aromatic rings. The van der Waals surface area contributed by atoms with Crippen LogP contribution in [0.5, 0.6) is 0 Å². The number of halogens is 3. The second-order valence-corrected chi connectivity index (χ2v) is 3.60. The normalized spacial score (nSPS) is 13.1. The van der Waals surface area contributed by atoms with Crippen molar-refractivity contribution >= 4 is 11.8 Å². The lowest BCUT2D eigenvalue weighted by Gasteiger charge is -2.20. The Kier molecular flexibility index (Phi) is 5.94. The number of carbonyl (C=O) groups is 2. The number of hydrogen-bond acceptors (Lipinski definition) is 3. The van der Waals surface area contributed by atoms with Crippen molar-refractivity contribution in [3.05, 3.63) is 0 Å². The van der Waals surface area contributed by atoms with Gasteiger partial charge in [-0.25, -0.2) is 0 Å². The maximum atomic E-state index is 11.8. The molecular weight excluding hydrogens is 239 g/mol. The van der Waals surface area contributed by atoms with E-state index in [1.165, 1.54) is 7.05 Å². The van der Waals surface area contributed by atoms with Gasteiger partial charge >= 0.3 is 6.18 Å². The number of amides is 2. The van der Waals surface area contributed by atoms with Crippen molar-refractivity contribution in [3.63, 3.8) is 0 Å². The topological polar surface area (TPSA) is 75.4 Å². The third-order valence-electron chi connectivity index (χ3n) is 2.00. The Labute approximate surface area is 97.1 Å². The Hall–Kier alpha value is -1.31. The van der Waals surface area contributed by atoms with E-state index in [2.05, 4.69) is 0 Å². The lowest BCUT2D eigenvalue weighted by molar-refractivity contribution is -0.142. The first-order valence-electron chi connectivity index (χ1n) is 5.01. The number of alkyl halides is 3. The van der Waals surface area contributed by atoms with Crippen molar-refractivity contribution in [1.29, 1.82) is 0 Å². The van der Waals surface area contributed by atoms with Crippen LogP contribution in [0, 0.1) is 0 Å². The van der Waals surface area contributed by atoms with Crippen LogP contribution in [0.15, 0.2) is 0 Å². The Morgan fingerprint density at radius 3 is 2.35 bits per heavy atom. The van der Waals surface area contributed by atoms with Crippen molar-refractivity contribution < 1.29 is 22.8 Å². The molecule has 1 atom stereocenters. The van der Waals surface area contributed by atoms with E-state index in [4.69, 9.17) is 5.73 Å². The minimum Gasteiger partial charge on any atom is -0.345 e. The molecule has 0 aliphatic heterocycles. The Balaban J connectivity index is 4.08. The average Bonchev–Trinajstić information content (AvgIpc) is 2.23.